The smallest absolute Gasteiger partial charge is 0.165 e. The zero-order valence-corrected chi connectivity index (χ0v) is 24.0. The molecule has 2 fully saturated rings. The number of piperidine rings is 2. The second-order valence-corrected chi connectivity index (χ2v) is 12.0. The summed E-state index contributed by atoms with van der Waals surface area (Å²) < 4.78 is 15.0. The molecule has 0 unspecified atom stereocenters. The Morgan fingerprint density at radius 1 is 0.775 bits per heavy atom. The molecule has 0 amide bonds. The standard InChI is InChI=1S/C32H35Cl2FN2O3/c33-25-7-3-23(4-8-25)31(39)13-18-36(19-14-31)17-1-2-30(38)28-12-11-27(22-29(28)35)37-20-15-32(40,16-21-37)24-5-9-26(34)10-6-24/h3-12,22,39-40H,1-2,13-21H2. The van der Waals surface area contributed by atoms with Gasteiger partial charge in [-0.05, 0) is 92.2 Å². The van der Waals surface area contributed by atoms with E-state index in [2.05, 4.69) is 4.90 Å². The van der Waals surface area contributed by atoms with Crippen molar-refractivity contribution in [3.63, 3.8) is 0 Å². The molecule has 3 aromatic rings. The molecule has 0 atom stereocenters. The second kappa shape index (κ2) is 12.2. The summed E-state index contributed by atoms with van der Waals surface area (Å²) in [5.74, 6) is -0.707. The summed E-state index contributed by atoms with van der Waals surface area (Å²) in [5, 5.41) is 23.5. The van der Waals surface area contributed by atoms with Crippen LogP contribution in [0.1, 0.15) is 60.0 Å². The van der Waals surface area contributed by atoms with E-state index in [1.165, 1.54) is 6.07 Å². The largest absolute Gasteiger partial charge is 0.385 e. The Kier molecular flexibility index (Phi) is 8.83. The number of nitrogens with zero attached hydrogens (tertiary/aromatic N) is 2. The number of carbonyl (C=O) groups is 1. The third-order valence-corrected chi connectivity index (χ3v) is 9.04. The average molecular weight is 586 g/mol. The first-order chi connectivity index (χ1) is 19.1. The molecule has 0 spiro atoms. The number of benzene rings is 3. The molecule has 0 aliphatic carbocycles. The lowest BCUT2D eigenvalue weighted by molar-refractivity contribution is -0.0260. The van der Waals surface area contributed by atoms with Gasteiger partial charge >= 0.3 is 0 Å². The SMILES string of the molecule is O=C(CCCN1CCC(O)(c2ccc(Cl)cc2)CC1)c1ccc(N2CCC(O)(c3ccc(Cl)cc3)CC2)cc1F. The van der Waals surface area contributed by atoms with E-state index in [0.29, 0.717) is 60.9 Å². The highest BCUT2D eigenvalue weighted by atomic mass is 35.5. The number of anilines is 1. The van der Waals surface area contributed by atoms with Crippen LogP contribution >= 0.6 is 23.2 Å². The second-order valence-electron chi connectivity index (χ2n) is 11.1. The molecule has 5 rings (SSSR count). The van der Waals surface area contributed by atoms with Crippen molar-refractivity contribution in [3.8, 4) is 0 Å². The van der Waals surface area contributed by atoms with Crippen LogP contribution in [0.3, 0.4) is 0 Å². The summed E-state index contributed by atoms with van der Waals surface area (Å²) in [6, 6.07) is 19.4. The van der Waals surface area contributed by atoms with E-state index in [1.54, 1.807) is 36.4 Å². The molecule has 0 aromatic heterocycles. The van der Waals surface area contributed by atoms with Crippen molar-refractivity contribution < 1.29 is 19.4 Å². The average Bonchev–Trinajstić information content (AvgIpc) is 2.95. The van der Waals surface area contributed by atoms with Crippen molar-refractivity contribution in [2.45, 2.75) is 49.7 Å². The summed E-state index contributed by atoms with van der Waals surface area (Å²) in [4.78, 5) is 17.1. The van der Waals surface area contributed by atoms with E-state index in [9.17, 15) is 15.0 Å². The number of aliphatic hydroxyl groups is 2. The van der Waals surface area contributed by atoms with Gasteiger partial charge in [-0.2, -0.15) is 0 Å². The summed E-state index contributed by atoms with van der Waals surface area (Å²) in [7, 11) is 0. The molecule has 3 aromatic carbocycles. The lowest BCUT2D eigenvalue weighted by Gasteiger charge is -2.39. The number of halogens is 3. The van der Waals surface area contributed by atoms with Crippen molar-refractivity contribution in [2.24, 2.45) is 0 Å². The Bertz CT molecular complexity index is 1320. The molecule has 2 aliphatic heterocycles. The van der Waals surface area contributed by atoms with Gasteiger partial charge in [-0.25, -0.2) is 4.39 Å². The minimum Gasteiger partial charge on any atom is -0.385 e. The van der Waals surface area contributed by atoms with Gasteiger partial charge in [-0.3, -0.25) is 4.79 Å². The van der Waals surface area contributed by atoms with Crippen molar-refractivity contribution in [1.29, 1.82) is 0 Å². The van der Waals surface area contributed by atoms with E-state index in [0.717, 1.165) is 30.8 Å². The number of likely N-dealkylation sites (tertiary alicyclic amines) is 1. The molecule has 5 nitrogen and oxygen atoms in total. The third kappa shape index (κ3) is 6.53. The fourth-order valence-electron chi connectivity index (χ4n) is 5.90. The van der Waals surface area contributed by atoms with Crippen LogP contribution in [0.2, 0.25) is 10.0 Å². The molecule has 0 radical (unpaired) electrons. The van der Waals surface area contributed by atoms with E-state index < -0.39 is 17.0 Å². The van der Waals surface area contributed by atoms with Crippen LogP contribution in [0.25, 0.3) is 0 Å². The number of ketones is 1. The highest BCUT2D eigenvalue weighted by Gasteiger charge is 2.35. The third-order valence-electron chi connectivity index (χ3n) is 8.53. The lowest BCUT2D eigenvalue weighted by Crippen LogP contribution is -2.43. The van der Waals surface area contributed by atoms with Crippen LogP contribution in [0.4, 0.5) is 10.1 Å². The van der Waals surface area contributed by atoms with Crippen LogP contribution in [-0.4, -0.2) is 53.6 Å². The highest BCUT2D eigenvalue weighted by Crippen LogP contribution is 2.36. The monoisotopic (exact) mass is 584 g/mol. The van der Waals surface area contributed by atoms with Gasteiger partial charge in [-0.1, -0.05) is 47.5 Å². The van der Waals surface area contributed by atoms with Gasteiger partial charge in [0.1, 0.15) is 5.82 Å². The maximum absolute atomic E-state index is 15.0. The topological polar surface area (TPSA) is 64.0 Å². The van der Waals surface area contributed by atoms with Gasteiger partial charge in [-0.15, -0.1) is 0 Å². The molecular weight excluding hydrogens is 550 g/mol. The Labute approximate surface area is 245 Å². The Morgan fingerprint density at radius 2 is 1.27 bits per heavy atom. The molecule has 2 heterocycles. The lowest BCUT2D eigenvalue weighted by atomic mass is 9.84. The molecule has 2 N–H and O–H groups in total. The van der Waals surface area contributed by atoms with Crippen LogP contribution in [0, 0.1) is 5.82 Å². The molecule has 2 saturated heterocycles. The van der Waals surface area contributed by atoms with E-state index in [4.69, 9.17) is 23.2 Å². The number of carbonyl (C=O) groups excluding carboxylic acids is 1. The maximum atomic E-state index is 15.0. The van der Waals surface area contributed by atoms with Crippen LogP contribution in [0.15, 0.2) is 66.7 Å². The molecule has 0 bridgehead atoms. The van der Waals surface area contributed by atoms with Crippen LogP contribution < -0.4 is 4.90 Å². The minimum atomic E-state index is -0.932. The molecular formula is C32H35Cl2FN2O3. The predicted molar refractivity (Wildman–Crippen MR) is 158 cm³/mol. The van der Waals surface area contributed by atoms with Gasteiger partial charge in [0.2, 0.25) is 0 Å². The number of hydrogen-bond acceptors (Lipinski definition) is 5. The first-order valence-electron chi connectivity index (χ1n) is 13.9. The number of hydrogen-bond donors (Lipinski definition) is 2. The van der Waals surface area contributed by atoms with Crippen molar-refractivity contribution in [2.75, 3.05) is 37.6 Å². The Hall–Kier alpha value is -2.48. The first-order valence-corrected chi connectivity index (χ1v) is 14.7. The van der Waals surface area contributed by atoms with Gasteiger partial charge in [0.05, 0.1) is 16.8 Å². The van der Waals surface area contributed by atoms with Gasteiger partial charge in [0.25, 0.3) is 0 Å². The zero-order chi connectivity index (χ0) is 28.3. The number of rotatable bonds is 8. The quantitative estimate of drug-likeness (QED) is 0.293. The Balaban J connectivity index is 1.09. The van der Waals surface area contributed by atoms with Crippen LogP contribution in [-0.2, 0) is 11.2 Å². The van der Waals surface area contributed by atoms with Gasteiger partial charge < -0.3 is 20.0 Å². The summed E-state index contributed by atoms with van der Waals surface area (Å²) in [5.41, 5.74) is 0.768. The summed E-state index contributed by atoms with van der Waals surface area (Å²) in [6.45, 7) is 3.36. The fraction of sp³-hybridized carbons (Fsp3) is 0.406. The predicted octanol–water partition coefficient (Wildman–Crippen LogP) is 6.57. The van der Waals surface area contributed by atoms with Crippen LogP contribution in [0.5, 0.6) is 0 Å². The van der Waals surface area contributed by atoms with Crippen molar-refractivity contribution in [1.82, 2.24) is 4.90 Å². The van der Waals surface area contributed by atoms with Gasteiger partial charge in [0, 0.05) is 48.3 Å². The van der Waals surface area contributed by atoms with E-state index >= 15 is 4.39 Å². The van der Waals surface area contributed by atoms with Crippen molar-refractivity contribution >= 4 is 34.7 Å². The maximum Gasteiger partial charge on any atom is 0.165 e. The zero-order valence-electron chi connectivity index (χ0n) is 22.5. The first kappa shape index (κ1) is 29.0. The molecule has 40 heavy (non-hydrogen) atoms. The summed E-state index contributed by atoms with van der Waals surface area (Å²) in [6.07, 6.45) is 3.18. The molecule has 0 saturated carbocycles. The molecule has 8 heteroatoms. The van der Waals surface area contributed by atoms with E-state index in [1.807, 2.05) is 29.2 Å². The fourth-order valence-corrected chi connectivity index (χ4v) is 6.16. The van der Waals surface area contributed by atoms with E-state index in [-0.39, 0.29) is 17.8 Å². The number of Topliss-reactive ketones (excluding diaryl/α,β-unsaturated/α-hetero) is 1. The highest BCUT2D eigenvalue weighted by molar-refractivity contribution is 6.30. The summed E-state index contributed by atoms with van der Waals surface area (Å²) >= 11 is 12.0. The molecule has 212 valence electrons. The van der Waals surface area contributed by atoms with Gasteiger partial charge in [0.15, 0.2) is 5.78 Å². The normalized spacial score (nSPS) is 19.0. The molecule has 2 aliphatic rings. The Morgan fingerprint density at radius 3 is 1.77 bits per heavy atom. The van der Waals surface area contributed by atoms with Crippen molar-refractivity contribution in [3.05, 3.63) is 99.3 Å². The minimum absolute atomic E-state index is 0.120.